The van der Waals surface area contributed by atoms with Gasteiger partial charge in [-0.2, -0.15) is 0 Å². The molecule has 2 saturated heterocycles. The molecule has 2 aliphatic heterocycles. The Labute approximate surface area is 135 Å². The van der Waals surface area contributed by atoms with Crippen LogP contribution in [-0.4, -0.2) is 36.0 Å². The molecule has 1 aromatic carbocycles. The van der Waals surface area contributed by atoms with Crippen LogP contribution in [0.4, 0.5) is 4.39 Å². The number of amides is 1. The van der Waals surface area contributed by atoms with Crippen LogP contribution >= 0.6 is 24.0 Å². The first-order valence-electron chi connectivity index (χ1n) is 7.03. The van der Waals surface area contributed by atoms with Gasteiger partial charge in [0.1, 0.15) is 5.82 Å². The third-order valence-electron chi connectivity index (χ3n) is 4.48. The Bertz CT molecular complexity index is 528. The third-order valence-corrected chi connectivity index (χ3v) is 4.79. The van der Waals surface area contributed by atoms with E-state index in [1.165, 1.54) is 25.0 Å². The smallest absolute Gasteiger partial charge is 0.253 e. The van der Waals surface area contributed by atoms with Crippen molar-refractivity contribution in [2.24, 2.45) is 0 Å². The van der Waals surface area contributed by atoms with Crippen molar-refractivity contribution in [3.63, 3.8) is 0 Å². The summed E-state index contributed by atoms with van der Waals surface area (Å²) in [5.41, 5.74) is 0.361. The van der Waals surface area contributed by atoms with Crippen LogP contribution in [0.3, 0.4) is 0 Å². The van der Waals surface area contributed by atoms with Crippen molar-refractivity contribution >= 4 is 29.9 Å². The first-order chi connectivity index (χ1) is 9.54. The van der Waals surface area contributed by atoms with Crippen molar-refractivity contribution in [3.8, 4) is 0 Å². The van der Waals surface area contributed by atoms with Crippen LogP contribution in [-0.2, 0) is 0 Å². The zero-order chi connectivity index (χ0) is 14.3. The first-order valence-corrected chi connectivity index (χ1v) is 7.40. The highest BCUT2D eigenvalue weighted by Gasteiger charge is 2.36. The number of piperidine rings is 1. The molecule has 2 aliphatic rings. The Morgan fingerprint density at radius 1 is 1.33 bits per heavy atom. The molecule has 2 atom stereocenters. The minimum atomic E-state index is -0.545. The van der Waals surface area contributed by atoms with Crippen molar-refractivity contribution in [3.05, 3.63) is 34.6 Å². The van der Waals surface area contributed by atoms with E-state index in [-0.39, 0.29) is 29.4 Å². The van der Waals surface area contributed by atoms with Gasteiger partial charge in [0.25, 0.3) is 5.91 Å². The van der Waals surface area contributed by atoms with E-state index >= 15 is 0 Å². The molecule has 3 nitrogen and oxygen atoms in total. The molecular weight excluding hydrogens is 314 g/mol. The number of carbonyl (C=O) groups excluding carboxylic acids is 1. The van der Waals surface area contributed by atoms with Gasteiger partial charge in [-0.1, -0.05) is 11.6 Å². The second-order valence-electron chi connectivity index (χ2n) is 5.81. The largest absolute Gasteiger partial charge is 0.339 e. The molecule has 0 aromatic heterocycles. The van der Waals surface area contributed by atoms with Crippen LogP contribution in [0.25, 0.3) is 0 Å². The summed E-state index contributed by atoms with van der Waals surface area (Å²) in [6, 6.07) is 5.52. The summed E-state index contributed by atoms with van der Waals surface area (Å²) in [5, 5.41) is 3.60. The molecule has 1 amide bonds. The highest BCUT2D eigenvalue weighted by molar-refractivity contribution is 6.30. The van der Waals surface area contributed by atoms with E-state index in [9.17, 15) is 9.18 Å². The zero-order valence-electron chi connectivity index (χ0n) is 11.8. The fourth-order valence-electron chi connectivity index (χ4n) is 3.34. The van der Waals surface area contributed by atoms with Gasteiger partial charge in [-0.3, -0.25) is 4.79 Å². The van der Waals surface area contributed by atoms with Crippen molar-refractivity contribution in [1.29, 1.82) is 0 Å². The summed E-state index contributed by atoms with van der Waals surface area (Å²) in [7, 11) is 1.81. The average Bonchev–Trinajstić information content (AvgIpc) is 2.79. The summed E-state index contributed by atoms with van der Waals surface area (Å²) < 4.78 is 13.5. The lowest BCUT2D eigenvalue weighted by Crippen LogP contribution is -2.48. The van der Waals surface area contributed by atoms with E-state index in [1.807, 2.05) is 7.05 Å². The van der Waals surface area contributed by atoms with Gasteiger partial charge in [0, 0.05) is 30.7 Å². The van der Waals surface area contributed by atoms with Gasteiger partial charge < -0.3 is 10.2 Å². The van der Waals surface area contributed by atoms with Crippen LogP contribution in [0.2, 0.25) is 5.02 Å². The van der Waals surface area contributed by atoms with Gasteiger partial charge in [0.15, 0.2) is 0 Å². The minimum Gasteiger partial charge on any atom is -0.339 e. The molecule has 116 valence electrons. The Hall–Kier alpha value is -0.840. The number of fused-ring (bicyclic) bond motifs is 2. The normalized spacial score (nSPS) is 27.1. The lowest BCUT2D eigenvalue weighted by Gasteiger charge is -2.35. The van der Waals surface area contributed by atoms with Crippen LogP contribution in [0.1, 0.15) is 36.0 Å². The molecule has 0 radical (unpaired) electrons. The molecule has 6 heteroatoms. The number of nitrogens with one attached hydrogen (secondary N) is 1. The van der Waals surface area contributed by atoms with E-state index in [1.54, 1.807) is 11.0 Å². The van der Waals surface area contributed by atoms with Crippen LogP contribution in [0.5, 0.6) is 0 Å². The standard InChI is InChI=1S/C15H18ClFN2O.ClH/c1-19(12-7-10-3-4-11(8-12)18-10)15(20)9-2-5-13(16)14(17)6-9;/h2,5-6,10-12,18H,3-4,7-8H2,1H3;1H. The average molecular weight is 333 g/mol. The third kappa shape index (κ3) is 3.33. The Balaban J connectivity index is 0.00000161. The lowest BCUT2D eigenvalue weighted by atomic mass is 9.98. The number of hydrogen-bond acceptors (Lipinski definition) is 2. The molecule has 3 rings (SSSR count). The molecular formula is C15H19Cl2FN2O. The fraction of sp³-hybridized carbons (Fsp3) is 0.533. The highest BCUT2D eigenvalue weighted by Crippen LogP contribution is 2.30. The Morgan fingerprint density at radius 2 is 1.95 bits per heavy atom. The molecule has 2 unspecified atom stereocenters. The van der Waals surface area contributed by atoms with E-state index in [0.29, 0.717) is 17.6 Å². The van der Waals surface area contributed by atoms with Crippen LogP contribution < -0.4 is 5.32 Å². The number of nitrogens with zero attached hydrogens (tertiary/aromatic N) is 1. The van der Waals surface area contributed by atoms with Gasteiger partial charge >= 0.3 is 0 Å². The molecule has 0 saturated carbocycles. The maximum absolute atomic E-state index is 13.5. The van der Waals surface area contributed by atoms with Gasteiger partial charge in [0.05, 0.1) is 5.02 Å². The van der Waals surface area contributed by atoms with E-state index in [0.717, 1.165) is 12.8 Å². The molecule has 1 N–H and O–H groups in total. The van der Waals surface area contributed by atoms with Crippen molar-refractivity contribution < 1.29 is 9.18 Å². The quantitative estimate of drug-likeness (QED) is 0.901. The lowest BCUT2D eigenvalue weighted by molar-refractivity contribution is 0.0681. The second kappa shape index (κ2) is 6.51. The maximum Gasteiger partial charge on any atom is 0.253 e. The number of benzene rings is 1. The summed E-state index contributed by atoms with van der Waals surface area (Å²) in [4.78, 5) is 14.2. The monoisotopic (exact) mass is 332 g/mol. The molecule has 2 bridgehead atoms. The molecule has 0 spiro atoms. The van der Waals surface area contributed by atoms with E-state index < -0.39 is 5.82 Å². The predicted molar refractivity (Wildman–Crippen MR) is 83.7 cm³/mol. The number of rotatable bonds is 2. The zero-order valence-corrected chi connectivity index (χ0v) is 13.4. The number of hydrogen-bond donors (Lipinski definition) is 1. The number of halogens is 3. The van der Waals surface area contributed by atoms with Crippen LogP contribution in [0.15, 0.2) is 18.2 Å². The number of carbonyl (C=O) groups is 1. The van der Waals surface area contributed by atoms with Gasteiger partial charge in [-0.25, -0.2) is 4.39 Å². The van der Waals surface area contributed by atoms with Gasteiger partial charge in [-0.15, -0.1) is 12.4 Å². The van der Waals surface area contributed by atoms with Crippen molar-refractivity contribution in [2.45, 2.75) is 43.8 Å². The van der Waals surface area contributed by atoms with Gasteiger partial charge in [0.2, 0.25) is 0 Å². The highest BCUT2D eigenvalue weighted by atomic mass is 35.5. The van der Waals surface area contributed by atoms with Crippen molar-refractivity contribution in [1.82, 2.24) is 10.2 Å². The Morgan fingerprint density at radius 3 is 2.52 bits per heavy atom. The van der Waals surface area contributed by atoms with E-state index in [2.05, 4.69) is 5.32 Å². The fourth-order valence-corrected chi connectivity index (χ4v) is 3.46. The topological polar surface area (TPSA) is 32.3 Å². The predicted octanol–water partition coefficient (Wildman–Crippen LogP) is 3.26. The van der Waals surface area contributed by atoms with Crippen molar-refractivity contribution in [2.75, 3.05) is 7.05 Å². The summed E-state index contributed by atoms with van der Waals surface area (Å²) in [6.45, 7) is 0. The summed E-state index contributed by atoms with van der Waals surface area (Å²) in [6.07, 6.45) is 4.35. The first kappa shape index (κ1) is 16.5. The van der Waals surface area contributed by atoms with Gasteiger partial charge in [-0.05, 0) is 43.9 Å². The molecule has 0 aliphatic carbocycles. The second-order valence-corrected chi connectivity index (χ2v) is 6.22. The molecule has 21 heavy (non-hydrogen) atoms. The molecule has 2 heterocycles. The van der Waals surface area contributed by atoms with Crippen LogP contribution in [0, 0.1) is 5.82 Å². The molecule has 2 fully saturated rings. The van der Waals surface area contributed by atoms with E-state index in [4.69, 9.17) is 11.6 Å². The maximum atomic E-state index is 13.5. The minimum absolute atomic E-state index is 0. The Kier molecular flexibility index (Phi) is 5.12. The molecule has 1 aromatic rings. The summed E-state index contributed by atoms with van der Waals surface area (Å²) >= 11 is 5.65. The summed E-state index contributed by atoms with van der Waals surface area (Å²) in [5.74, 6) is -0.678. The SMILES string of the molecule is CN(C(=O)c1ccc(Cl)c(F)c1)C1CC2CCC(C1)N2.Cl.